The lowest BCUT2D eigenvalue weighted by atomic mass is 10.1. The number of anilines is 1. The number of benzene rings is 1. The Labute approximate surface area is 80.6 Å². The van der Waals surface area contributed by atoms with Gasteiger partial charge in [0, 0.05) is 5.69 Å². The van der Waals surface area contributed by atoms with Gasteiger partial charge in [-0.15, -0.1) is 0 Å². The maximum absolute atomic E-state index is 7.41. The van der Waals surface area contributed by atoms with Gasteiger partial charge in [-0.05, 0) is 19.1 Å². The molecule has 0 aliphatic heterocycles. The van der Waals surface area contributed by atoms with Crippen LogP contribution in [0.3, 0.4) is 0 Å². The Morgan fingerprint density at radius 2 is 2.21 bits per heavy atom. The Balaban J connectivity index is 2.88. The molecule has 1 heterocycles. The molecule has 0 saturated carbocycles. The van der Waals surface area contributed by atoms with Crippen molar-refractivity contribution in [2.45, 2.75) is 6.92 Å². The van der Waals surface area contributed by atoms with Crippen LogP contribution in [0.4, 0.5) is 5.69 Å². The zero-order valence-corrected chi connectivity index (χ0v) is 7.76. The minimum absolute atomic E-state index is 0.0559. The van der Waals surface area contributed by atoms with E-state index in [2.05, 4.69) is 9.97 Å². The summed E-state index contributed by atoms with van der Waals surface area (Å²) in [6.45, 7) is 1.85. The van der Waals surface area contributed by atoms with Crippen molar-refractivity contribution in [1.82, 2.24) is 9.97 Å². The van der Waals surface area contributed by atoms with Crippen molar-refractivity contribution >= 4 is 22.6 Å². The fraction of sp³-hybridized carbons (Fsp3) is 0.111. The van der Waals surface area contributed by atoms with Gasteiger partial charge in [0.05, 0.1) is 11.1 Å². The molecular weight excluding hydrogens is 178 g/mol. The molecule has 0 unspecified atom stereocenters. The summed E-state index contributed by atoms with van der Waals surface area (Å²) in [4.78, 5) is 7.30. The monoisotopic (exact) mass is 189 g/mol. The maximum Gasteiger partial charge on any atom is 0.127 e. The molecule has 1 aromatic carbocycles. The minimum Gasteiger partial charge on any atom is -0.398 e. The number of imidazole rings is 1. The molecule has 0 aliphatic carbocycles. The summed E-state index contributed by atoms with van der Waals surface area (Å²) in [6.07, 6.45) is 0. The first-order valence-corrected chi connectivity index (χ1v) is 4.19. The van der Waals surface area contributed by atoms with Gasteiger partial charge in [0.2, 0.25) is 0 Å². The first-order valence-electron chi connectivity index (χ1n) is 4.19. The van der Waals surface area contributed by atoms with Crippen LogP contribution < -0.4 is 11.5 Å². The molecule has 2 aromatic rings. The fourth-order valence-electron chi connectivity index (χ4n) is 1.50. The highest BCUT2D eigenvalue weighted by atomic mass is 14.9. The van der Waals surface area contributed by atoms with Gasteiger partial charge in [0.25, 0.3) is 0 Å². The van der Waals surface area contributed by atoms with Gasteiger partial charge in [0.1, 0.15) is 17.2 Å². The largest absolute Gasteiger partial charge is 0.398 e. The molecule has 0 aliphatic rings. The van der Waals surface area contributed by atoms with E-state index in [9.17, 15) is 0 Å². The van der Waals surface area contributed by atoms with Crippen LogP contribution in [0.2, 0.25) is 0 Å². The lowest BCUT2D eigenvalue weighted by molar-refractivity contribution is 1.17. The predicted octanol–water partition coefficient (Wildman–Crippen LogP) is 0.738. The van der Waals surface area contributed by atoms with Crippen LogP contribution in [0.1, 0.15) is 11.4 Å². The van der Waals surface area contributed by atoms with Crippen LogP contribution >= 0.6 is 0 Å². The summed E-state index contributed by atoms with van der Waals surface area (Å²) in [5, 5.41) is 7.41. The minimum atomic E-state index is -0.0559. The lowest BCUT2D eigenvalue weighted by Crippen LogP contribution is -2.14. The predicted molar refractivity (Wildman–Crippen MR) is 56.3 cm³/mol. The maximum atomic E-state index is 7.41. The SMILES string of the molecule is Cc1nc2c(C(=N)N)c(N)ccc2[nH]1. The summed E-state index contributed by atoms with van der Waals surface area (Å²) in [5.74, 6) is 0.729. The number of nitrogens with zero attached hydrogens (tertiary/aromatic N) is 1. The third kappa shape index (κ3) is 1.10. The zero-order chi connectivity index (χ0) is 10.3. The third-order valence-corrected chi connectivity index (χ3v) is 2.07. The van der Waals surface area contributed by atoms with Crippen molar-refractivity contribution < 1.29 is 0 Å². The fourth-order valence-corrected chi connectivity index (χ4v) is 1.50. The highest BCUT2D eigenvalue weighted by Gasteiger charge is 2.11. The molecule has 5 heteroatoms. The highest BCUT2D eigenvalue weighted by molar-refractivity contribution is 6.09. The number of nitrogens with two attached hydrogens (primary N) is 2. The van der Waals surface area contributed by atoms with Crippen LogP contribution in [0.15, 0.2) is 12.1 Å². The second kappa shape index (κ2) is 2.73. The number of hydrogen-bond donors (Lipinski definition) is 4. The number of aromatic amines is 1. The molecule has 0 saturated heterocycles. The Hall–Kier alpha value is -2.04. The van der Waals surface area contributed by atoms with Gasteiger partial charge in [0.15, 0.2) is 0 Å². The molecule has 14 heavy (non-hydrogen) atoms. The first kappa shape index (κ1) is 8.55. The van der Waals surface area contributed by atoms with E-state index in [1.807, 2.05) is 13.0 Å². The van der Waals surface area contributed by atoms with Gasteiger partial charge in [-0.3, -0.25) is 5.41 Å². The molecule has 2 rings (SSSR count). The normalized spacial score (nSPS) is 10.6. The number of fused-ring (bicyclic) bond motifs is 1. The number of rotatable bonds is 1. The third-order valence-electron chi connectivity index (χ3n) is 2.07. The summed E-state index contributed by atoms with van der Waals surface area (Å²) in [6, 6.07) is 3.55. The van der Waals surface area contributed by atoms with Gasteiger partial charge in [-0.25, -0.2) is 4.98 Å². The summed E-state index contributed by atoms with van der Waals surface area (Å²) in [7, 11) is 0. The van der Waals surface area contributed by atoms with Crippen LogP contribution in [-0.4, -0.2) is 15.8 Å². The zero-order valence-electron chi connectivity index (χ0n) is 7.76. The number of H-pyrrole nitrogens is 1. The van der Waals surface area contributed by atoms with Gasteiger partial charge in [-0.1, -0.05) is 0 Å². The molecule has 0 bridgehead atoms. The number of aryl methyl sites for hydroxylation is 1. The molecule has 0 fully saturated rings. The molecule has 0 spiro atoms. The second-order valence-electron chi connectivity index (χ2n) is 3.16. The number of nitrogen functional groups attached to an aromatic ring is 2. The van der Waals surface area contributed by atoms with Crippen LogP contribution in [0.25, 0.3) is 11.0 Å². The van der Waals surface area contributed by atoms with E-state index < -0.39 is 0 Å². The van der Waals surface area contributed by atoms with Crippen molar-refractivity contribution in [3.63, 3.8) is 0 Å². The molecular formula is C9H11N5. The van der Waals surface area contributed by atoms with Crippen molar-refractivity contribution in [3.05, 3.63) is 23.5 Å². The van der Waals surface area contributed by atoms with Crippen molar-refractivity contribution in [2.75, 3.05) is 5.73 Å². The van der Waals surface area contributed by atoms with Gasteiger partial charge < -0.3 is 16.5 Å². The molecule has 1 aromatic heterocycles. The topological polar surface area (TPSA) is 105 Å². The molecule has 6 N–H and O–H groups in total. The molecule has 0 radical (unpaired) electrons. The van der Waals surface area contributed by atoms with E-state index in [-0.39, 0.29) is 5.84 Å². The Morgan fingerprint density at radius 1 is 1.50 bits per heavy atom. The van der Waals surface area contributed by atoms with E-state index in [4.69, 9.17) is 16.9 Å². The van der Waals surface area contributed by atoms with Crippen molar-refractivity contribution in [1.29, 1.82) is 5.41 Å². The summed E-state index contributed by atoms with van der Waals surface area (Å²) < 4.78 is 0. The standard InChI is InChI=1S/C9H11N5/c1-4-13-6-3-2-5(10)7(9(11)12)8(6)14-4/h2-3H,10H2,1H3,(H3,11,12)(H,13,14). The number of amidine groups is 1. The quantitative estimate of drug-likeness (QED) is 0.302. The molecule has 0 amide bonds. The average molecular weight is 189 g/mol. The van der Waals surface area contributed by atoms with Crippen LogP contribution in [0.5, 0.6) is 0 Å². The van der Waals surface area contributed by atoms with E-state index in [1.165, 1.54) is 0 Å². The van der Waals surface area contributed by atoms with Crippen molar-refractivity contribution in [3.8, 4) is 0 Å². The average Bonchev–Trinajstić information content (AvgIpc) is 2.43. The highest BCUT2D eigenvalue weighted by Crippen LogP contribution is 2.21. The number of nitrogens with one attached hydrogen (secondary N) is 2. The Kier molecular flexibility index (Phi) is 1.67. The van der Waals surface area contributed by atoms with Gasteiger partial charge in [-0.2, -0.15) is 0 Å². The number of aromatic nitrogens is 2. The first-order chi connectivity index (χ1) is 6.59. The smallest absolute Gasteiger partial charge is 0.127 e. The lowest BCUT2D eigenvalue weighted by Gasteiger charge is -2.03. The summed E-state index contributed by atoms with van der Waals surface area (Å²) >= 11 is 0. The molecule has 72 valence electrons. The van der Waals surface area contributed by atoms with E-state index in [1.54, 1.807) is 6.07 Å². The van der Waals surface area contributed by atoms with Crippen LogP contribution in [-0.2, 0) is 0 Å². The number of hydrogen-bond acceptors (Lipinski definition) is 3. The van der Waals surface area contributed by atoms with Gasteiger partial charge >= 0.3 is 0 Å². The molecule has 5 nitrogen and oxygen atoms in total. The summed E-state index contributed by atoms with van der Waals surface area (Å²) in [5.41, 5.74) is 13.7. The second-order valence-corrected chi connectivity index (χ2v) is 3.16. The van der Waals surface area contributed by atoms with E-state index in [0.29, 0.717) is 16.8 Å². The Bertz CT molecular complexity index is 511. The van der Waals surface area contributed by atoms with Crippen LogP contribution in [0, 0.1) is 12.3 Å². The van der Waals surface area contributed by atoms with Crippen molar-refractivity contribution in [2.24, 2.45) is 5.73 Å². The van der Waals surface area contributed by atoms with E-state index >= 15 is 0 Å². The molecule has 0 atom stereocenters. The Morgan fingerprint density at radius 3 is 2.86 bits per heavy atom. The van der Waals surface area contributed by atoms with E-state index in [0.717, 1.165) is 11.3 Å².